The Labute approximate surface area is 74.2 Å². The van der Waals surface area contributed by atoms with Crippen LogP contribution in [0.4, 0.5) is 0 Å². The van der Waals surface area contributed by atoms with Crippen molar-refractivity contribution in [2.24, 2.45) is 0 Å². The van der Waals surface area contributed by atoms with Gasteiger partial charge in [-0.1, -0.05) is 0 Å². The summed E-state index contributed by atoms with van der Waals surface area (Å²) in [6, 6.07) is 0. The van der Waals surface area contributed by atoms with Gasteiger partial charge in [0.15, 0.2) is 0 Å². The van der Waals surface area contributed by atoms with Gasteiger partial charge in [-0.05, 0) is 13.3 Å². The van der Waals surface area contributed by atoms with E-state index < -0.39 is 0 Å². The summed E-state index contributed by atoms with van der Waals surface area (Å²) in [7, 11) is 0. The molecule has 2 N–H and O–H groups in total. The van der Waals surface area contributed by atoms with Crippen LogP contribution in [-0.2, 0) is 6.42 Å². The summed E-state index contributed by atoms with van der Waals surface area (Å²) in [6.45, 7) is 2.17. The van der Waals surface area contributed by atoms with Gasteiger partial charge in [0.05, 0.1) is 5.56 Å². The van der Waals surface area contributed by atoms with Gasteiger partial charge in [-0.15, -0.1) is 0 Å². The van der Waals surface area contributed by atoms with Crippen molar-refractivity contribution in [1.82, 2.24) is 15.3 Å². The first-order chi connectivity index (χ1) is 6.18. The second-order valence-electron chi connectivity index (χ2n) is 2.98. The summed E-state index contributed by atoms with van der Waals surface area (Å²) < 4.78 is 0. The van der Waals surface area contributed by atoms with Crippen LogP contribution in [0.2, 0.25) is 0 Å². The molecule has 5 nitrogen and oxygen atoms in total. The van der Waals surface area contributed by atoms with Crippen LogP contribution >= 0.6 is 0 Å². The molecule has 0 atom stereocenters. The number of hydrogen-bond acceptors (Lipinski definition) is 3. The number of rotatable bonds is 0. The van der Waals surface area contributed by atoms with Gasteiger partial charge in [0.1, 0.15) is 11.5 Å². The van der Waals surface area contributed by atoms with Crippen molar-refractivity contribution in [2.45, 2.75) is 13.3 Å². The number of carbonyl (C=O) groups is 1. The lowest BCUT2D eigenvalue weighted by Gasteiger charge is -2.14. The Morgan fingerprint density at radius 2 is 2.15 bits per heavy atom. The van der Waals surface area contributed by atoms with Gasteiger partial charge in [0, 0.05) is 6.54 Å². The highest BCUT2D eigenvalue weighted by molar-refractivity contribution is 5.94. The van der Waals surface area contributed by atoms with Crippen LogP contribution in [0.15, 0.2) is 4.79 Å². The summed E-state index contributed by atoms with van der Waals surface area (Å²) in [6.07, 6.45) is 0.559. The lowest BCUT2D eigenvalue weighted by atomic mass is 10.1. The highest BCUT2D eigenvalue weighted by atomic mass is 16.2. The predicted molar refractivity (Wildman–Crippen MR) is 45.6 cm³/mol. The molecule has 1 aliphatic rings. The molecule has 1 aromatic heterocycles. The molecular weight excluding hydrogens is 170 g/mol. The highest BCUT2D eigenvalue weighted by Gasteiger charge is 2.20. The van der Waals surface area contributed by atoms with Gasteiger partial charge in [0.2, 0.25) is 0 Å². The Bertz CT molecular complexity index is 422. The first-order valence-electron chi connectivity index (χ1n) is 4.06. The maximum Gasteiger partial charge on any atom is 0.270 e. The normalized spacial score (nSPS) is 15.0. The van der Waals surface area contributed by atoms with E-state index in [1.54, 1.807) is 6.92 Å². The molecule has 0 aliphatic carbocycles. The van der Waals surface area contributed by atoms with E-state index in [1.807, 2.05) is 0 Å². The zero-order valence-electron chi connectivity index (χ0n) is 7.18. The van der Waals surface area contributed by atoms with Crippen LogP contribution in [0.1, 0.15) is 21.9 Å². The lowest BCUT2D eigenvalue weighted by Crippen LogP contribution is -2.37. The van der Waals surface area contributed by atoms with Crippen LogP contribution in [0, 0.1) is 6.92 Å². The molecular formula is C8H9N3O2. The molecule has 13 heavy (non-hydrogen) atoms. The number of carbonyl (C=O) groups excluding carboxylic acids is 1. The molecule has 1 amide bonds. The largest absolute Gasteiger partial charge is 0.350 e. The minimum Gasteiger partial charge on any atom is -0.350 e. The fourth-order valence-electron chi connectivity index (χ4n) is 1.41. The minimum atomic E-state index is -0.254. The molecule has 5 heteroatoms. The average molecular weight is 179 g/mol. The van der Waals surface area contributed by atoms with E-state index >= 15 is 0 Å². The van der Waals surface area contributed by atoms with Crippen LogP contribution < -0.4 is 10.9 Å². The number of nitrogens with one attached hydrogen (secondary N) is 2. The predicted octanol–water partition coefficient (Wildman–Crippen LogP) is -0.636. The van der Waals surface area contributed by atoms with E-state index in [2.05, 4.69) is 15.3 Å². The lowest BCUT2D eigenvalue weighted by molar-refractivity contribution is 0.0939. The second kappa shape index (κ2) is 2.69. The quantitative estimate of drug-likeness (QED) is 0.556. The van der Waals surface area contributed by atoms with Crippen LogP contribution in [-0.4, -0.2) is 22.4 Å². The summed E-state index contributed by atoms with van der Waals surface area (Å²) in [4.78, 5) is 29.2. The number of aromatic nitrogens is 2. The Morgan fingerprint density at radius 1 is 1.38 bits per heavy atom. The molecule has 0 aromatic carbocycles. The summed E-state index contributed by atoms with van der Waals surface area (Å²) in [5, 5.41) is 2.64. The molecule has 1 aliphatic heterocycles. The van der Waals surface area contributed by atoms with Gasteiger partial charge in [-0.2, -0.15) is 0 Å². The highest BCUT2D eigenvalue weighted by Crippen LogP contribution is 2.05. The Balaban J connectivity index is 2.70. The third kappa shape index (κ3) is 1.22. The van der Waals surface area contributed by atoms with Gasteiger partial charge in [-0.3, -0.25) is 9.59 Å². The van der Waals surface area contributed by atoms with Crippen molar-refractivity contribution in [3.8, 4) is 0 Å². The fraction of sp³-hybridized carbons (Fsp3) is 0.375. The first-order valence-corrected chi connectivity index (χ1v) is 4.06. The number of fused-ring (bicyclic) bond motifs is 1. The van der Waals surface area contributed by atoms with Crippen LogP contribution in [0.5, 0.6) is 0 Å². The van der Waals surface area contributed by atoms with Crippen molar-refractivity contribution in [1.29, 1.82) is 0 Å². The van der Waals surface area contributed by atoms with Crippen molar-refractivity contribution in [3.63, 3.8) is 0 Å². The molecule has 0 unspecified atom stereocenters. The SMILES string of the molecule is Cc1nc2c(c(=O)[nH]1)CCNC2=O. The van der Waals surface area contributed by atoms with Crippen molar-refractivity contribution in [2.75, 3.05) is 6.54 Å². The molecule has 0 bridgehead atoms. The zero-order chi connectivity index (χ0) is 9.42. The van der Waals surface area contributed by atoms with Crippen molar-refractivity contribution >= 4 is 5.91 Å². The van der Waals surface area contributed by atoms with E-state index in [4.69, 9.17) is 0 Å². The number of nitrogens with zero attached hydrogens (tertiary/aromatic N) is 1. The maximum absolute atomic E-state index is 11.4. The van der Waals surface area contributed by atoms with Crippen molar-refractivity contribution in [3.05, 3.63) is 27.4 Å². The van der Waals surface area contributed by atoms with E-state index in [-0.39, 0.29) is 17.2 Å². The Morgan fingerprint density at radius 3 is 2.92 bits per heavy atom. The number of hydrogen-bond donors (Lipinski definition) is 2. The summed E-state index contributed by atoms with van der Waals surface area (Å²) in [5.74, 6) is 0.219. The smallest absolute Gasteiger partial charge is 0.270 e. The number of H-pyrrole nitrogens is 1. The van der Waals surface area contributed by atoms with E-state index in [9.17, 15) is 9.59 Å². The molecule has 68 valence electrons. The van der Waals surface area contributed by atoms with E-state index in [0.29, 0.717) is 24.4 Å². The van der Waals surface area contributed by atoms with E-state index in [1.165, 1.54) is 0 Å². The fourth-order valence-corrected chi connectivity index (χ4v) is 1.41. The zero-order valence-corrected chi connectivity index (χ0v) is 7.18. The molecule has 2 heterocycles. The second-order valence-corrected chi connectivity index (χ2v) is 2.98. The number of aryl methyl sites for hydroxylation is 1. The maximum atomic E-state index is 11.4. The molecule has 2 rings (SSSR count). The van der Waals surface area contributed by atoms with Gasteiger partial charge < -0.3 is 10.3 Å². The Kier molecular flexibility index (Phi) is 1.65. The molecule has 0 fully saturated rings. The van der Waals surface area contributed by atoms with Gasteiger partial charge >= 0.3 is 0 Å². The van der Waals surface area contributed by atoms with Crippen LogP contribution in [0.3, 0.4) is 0 Å². The minimum absolute atomic E-state index is 0.197. The third-order valence-electron chi connectivity index (χ3n) is 2.01. The van der Waals surface area contributed by atoms with Crippen molar-refractivity contribution < 1.29 is 4.79 Å². The average Bonchev–Trinajstić information content (AvgIpc) is 2.07. The standard InChI is InChI=1S/C8H9N3O2/c1-4-10-6-5(7(12)11-4)2-3-9-8(6)13/h2-3H2,1H3,(H,9,13)(H,10,11,12). The molecule has 1 aromatic rings. The summed E-state index contributed by atoms with van der Waals surface area (Å²) in [5.41, 5.74) is 0.569. The monoisotopic (exact) mass is 179 g/mol. The molecule has 0 saturated carbocycles. The first kappa shape index (κ1) is 7.97. The number of aromatic amines is 1. The third-order valence-corrected chi connectivity index (χ3v) is 2.01. The molecule has 0 radical (unpaired) electrons. The Hall–Kier alpha value is -1.65. The van der Waals surface area contributed by atoms with E-state index in [0.717, 1.165) is 0 Å². The molecule has 0 saturated heterocycles. The van der Waals surface area contributed by atoms with Gasteiger partial charge in [0.25, 0.3) is 11.5 Å². The topological polar surface area (TPSA) is 74.8 Å². The number of amides is 1. The summed E-state index contributed by atoms with van der Waals surface area (Å²) >= 11 is 0. The molecule has 0 spiro atoms. The van der Waals surface area contributed by atoms with Gasteiger partial charge in [-0.25, -0.2) is 4.98 Å². The van der Waals surface area contributed by atoms with Crippen LogP contribution in [0.25, 0.3) is 0 Å².